The lowest BCUT2D eigenvalue weighted by molar-refractivity contribution is -0.0633. The van der Waals surface area contributed by atoms with Crippen molar-refractivity contribution >= 4 is 0 Å². The van der Waals surface area contributed by atoms with Crippen molar-refractivity contribution < 1.29 is 14.6 Å². The number of ether oxygens (including phenoxy) is 2. The summed E-state index contributed by atoms with van der Waals surface area (Å²) in [5.41, 5.74) is 0.854. The second-order valence-corrected chi connectivity index (χ2v) is 3.70. The molecule has 3 heteroatoms. The molecule has 0 radical (unpaired) electrons. The second-order valence-electron chi connectivity index (χ2n) is 3.70. The first-order valence-electron chi connectivity index (χ1n) is 4.77. The van der Waals surface area contributed by atoms with Crippen LogP contribution in [0.3, 0.4) is 0 Å². The van der Waals surface area contributed by atoms with E-state index in [1.54, 1.807) is 19.4 Å². The summed E-state index contributed by atoms with van der Waals surface area (Å²) in [7, 11) is 1.61. The molecule has 0 bridgehead atoms. The molecule has 1 aliphatic heterocycles. The van der Waals surface area contributed by atoms with Crippen LogP contribution in [0.1, 0.15) is 13.8 Å². The van der Waals surface area contributed by atoms with E-state index in [0.717, 1.165) is 5.57 Å². The van der Waals surface area contributed by atoms with Crippen molar-refractivity contribution in [3.8, 4) is 0 Å². The molecule has 4 atom stereocenters. The van der Waals surface area contributed by atoms with Crippen molar-refractivity contribution in [1.29, 1.82) is 0 Å². The normalized spacial score (nSPS) is 34.3. The Balaban J connectivity index is 2.77. The lowest BCUT2D eigenvalue weighted by Crippen LogP contribution is -2.42. The first kappa shape index (κ1) is 11.3. The average molecular weight is 198 g/mol. The van der Waals surface area contributed by atoms with Crippen LogP contribution in [0.4, 0.5) is 0 Å². The quantitative estimate of drug-likeness (QED) is 0.698. The topological polar surface area (TPSA) is 38.7 Å². The zero-order valence-electron chi connectivity index (χ0n) is 8.93. The van der Waals surface area contributed by atoms with Crippen LogP contribution in [0.5, 0.6) is 0 Å². The third kappa shape index (κ3) is 1.99. The summed E-state index contributed by atoms with van der Waals surface area (Å²) >= 11 is 0. The van der Waals surface area contributed by atoms with Crippen molar-refractivity contribution in [2.75, 3.05) is 7.11 Å². The lowest BCUT2D eigenvalue weighted by atomic mass is 9.88. The van der Waals surface area contributed by atoms with Crippen LogP contribution in [0, 0.1) is 5.92 Å². The first-order chi connectivity index (χ1) is 6.61. The monoisotopic (exact) mass is 198 g/mol. The van der Waals surface area contributed by atoms with Crippen LogP contribution in [0.15, 0.2) is 24.5 Å². The SMILES string of the molecule is C=C[C@H](OC)[C@H]1OC=C(C)C(O)[C@H]1C. The van der Waals surface area contributed by atoms with Gasteiger partial charge in [0.2, 0.25) is 0 Å². The summed E-state index contributed by atoms with van der Waals surface area (Å²) in [6, 6.07) is 0. The largest absolute Gasteiger partial charge is 0.495 e. The molecule has 0 spiro atoms. The minimum absolute atomic E-state index is 0.0166. The van der Waals surface area contributed by atoms with Gasteiger partial charge in [-0.15, -0.1) is 6.58 Å². The lowest BCUT2D eigenvalue weighted by Gasteiger charge is -2.35. The molecule has 0 aromatic carbocycles. The Bertz CT molecular complexity index is 235. The molecule has 14 heavy (non-hydrogen) atoms. The van der Waals surface area contributed by atoms with E-state index in [0.29, 0.717) is 0 Å². The molecular formula is C11H18O3. The molecule has 3 nitrogen and oxygen atoms in total. The van der Waals surface area contributed by atoms with Crippen molar-refractivity contribution in [1.82, 2.24) is 0 Å². The second kappa shape index (κ2) is 4.62. The van der Waals surface area contributed by atoms with Crippen LogP contribution in [0.25, 0.3) is 0 Å². The van der Waals surface area contributed by atoms with Crippen LogP contribution < -0.4 is 0 Å². The van der Waals surface area contributed by atoms with Crippen molar-refractivity contribution in [2.45, 2.75) is 32.2 Å². The van der Waals surface area contributed by atoms with Gasteiger partial charge in [-0.3, -0.25) is 0 Å². The minimum Gasteiger partial charge on any atom is -0.495 e. The highest BCUT2D eigenvalue weighted by molar-refractivity contribution is 5.09. The fourth-order valence-electron chi connectivity index (χ4n) is 1.71. The number of rotatable bonds is 3. The van der Waals surface area contributed by atoms with Crippen molar-refractivity contribution in [2.24, 2.45) is 5.92 Å². The fourth-order valence-corrected chi connectivity index (χ4v) is 1.71. The van der Waals surface area contributed by atoms with Gasteiger partial charge in [-0.05, 0) is 12.5 Å². The van der Waals surface area contributed by atoms with Crippen LogP contribution in [-0.2, 0) is 9.47 Å². The van der Waals surface area contributed by atoms with Gasteiger partial charge in [0.25, 0.3) is 0 Å². The molecule has 1 N–H and O–H groups in total. The highest BCUT2D eigenvalue weighted by Crippen LogP contribution is 2.27. The van der Waals surface area contributed by atoms with E-state index in [1.165, 1.54) is 0 Å². The summed E-state index contributed by atoms with van der Waals surface area (Å²) in [4.78, 5) is 0. The number of hydrogen-bond acceptors (Lipinski definition) is 3. The van der Waals surface area contributed by atoms with E-state index >= 15 is 0 Å². The molecule has 80 valence electrons. The summed E-state index contributed by atoms with van der Waals surface area (Å²) in [6.45, 7) is 7.48. The van der Waals surface area contributed by atoms with Gasteiger partial charge >= 0.3 is 0 Å². The zero-order chi connectivity index (χ0) is 10.7. The van der Waals surface area contributed by atoms with E-state index in [1.807, 2.05) is 13.8 Å². The summed E-state index contributed by atoms with van der Waals surface area (Å²) in [5.74, 6) is 0.0166. The number of aliphatic hydroxyl groups excluding tert-OH is 1. The third-order valence-corrected chi connectivity index (χ3v) is 2.72. The Labute approximate surface area is 85.0 Å². The van der Waals surface area contributed by atoms with E-state index in [9.17, 15) is 5.11 Å². The van der Waals surface area contributed by atoms with Crippen LogP contribution >= 0.6 is 0 Å². The molecule has 0 aromatic rings. The maximum atomic E-state index is 9.82. The predicted molar refractivity (Wildman–Crippen MR) is 54.8 cm³/mol. The standard InChI is InChI=1S/C11H18O3/c1-5-9(13-4)11-8(3)10(12)7(2)6-14-11/h5-6,8-12H,1H2,2-4H3/t8-,9+,10?,11+/m1/s1. The van der Waals surface area contributed by atoms with E-state index < -0.39 is 6.10 Å². The Morgan fingerprint density at radius 3 is 2.86 bits per heavy atom. The smallest absolute Gasteiger partial charge is 0.133 e. The van der Waals surface area contributed by atoms with Crippen LogP contribution in [0.2, 0.25) is 0 Å². The number of aliphatic hydroxyl groups is 1. The van der Waals surface area contributed by atoms with Gasteiger partial charge in [0.1, 0.15) is 12.2 Å². The van der Waals surface area contributed by atoms with Crippen LogP contribution in [-0.4, -0.2) is 30.5 Å². The summed E-state index contributed by atoms with van der Waals surface area (Å²) in [5, 5.41) is 9.82. The summed E-state index contributed by atoms with van der Waals surface area (Å²) in [6.07, 6.45) is 2.51. The van der Waals surface area contributed by atoms with Gasteiger partial charge in [-0.2, -0.15) is 0 Å². The highest BCUT2D eigenvalue weighted by Gasteiger charge is 2.34. The molecule has 1 heterocycles. The Morgan fingerprint density at radius 2 is 2.36 bits per heavy atom. The molecule has 0 amide bonds. The Hall–Kier alpha value is -0.800. The summed E-state index contributed by atoms with van der Waals surface area (Å²) < 4.78 is 10.7. The van der Waals surface area contributed by atoms with E-state index in [-0.39, 0.29) is 18.1 Å². The highest BCUT2D eigenvalue weighted by atomic mass is 16.5. The molecule has 0 fully saturated rings. The van der Waals surface area contributed by atoms with Gasteiger partial charge in [0.05, 0.1) is 12.4 Å². The molecule has 1 unspecified atom stereocenters. The molecule has 1 aliphatic rings. The molecular weight excluding hydrogens is 180 g/mol. The Kier molecular flexibility index (Phi) is 3.72. The molecule has 0 aromatic heterocycles. The molecule has 0 aliphatic carbocycles. The molecule has 1 rings (SSSR count). The van der Waals surface area contributed by atoms with Gasteiger partial charge in [0, 0.05) is 13.0 Å². The van der Waals surface area contributed by atoms with Gasteiger partial charge < -0.3 is 14.6 Å². The predicted octanol–water partition coefficient (Wildman–Crippen LogP) is 1.49. The molecule has 0 saturated heterocycles. The van der Waals surface area contributed by atoms with Gasteiger partial charge in [-0.25, -0.2) is 0 Å². The zero-order valence-corrected chi connectivity index (χ0v) is 8.93. The van der Waals surface area contributed by atoms with E-state index in [4.69, 9.17) is 9.47 Å². The maximum absolute atomic E-state index is 9.82. The maximum Gasteiger partial charge on any atom is 0.133 e. The fraction of sp³-hybridized carbons (Fsp3) is 0.636. The molecule has 0 saturated carbocycles. The van der Waals surface area contributed by atoms with Gasteiger partial charge in [-0.1, -0.05) is 13.0 Å². The number of methoxy groups -OCH3 is 1. The van der Waals surface area contributed by atoms with Crippen molar-refractivity contribution in [3.63, 3.8) is 0 Å². The van der Waals surface area contributed by atoms with Gasteiger partial charge in [0.15, 0.2) is 0 Å². The Morgan fingerprint density at radius 1 is 1.71 bits per heavy atom. The third-order valence-electron chi connectivity index (χ3n) is 2.72. The van der Waals surface area contributed by atoms with E-state index in [2.05, 4.69) is 6.58 Å². The average Bonchev–Trinajstić information content (AvgIpc) is 2.19. The van der Waals surface area contributed by atoms with Crippen molar-refractivity contribution in [3.05, 3.63) is 24.5 Å². The first-order valence-corrected chi connectivity index (χ1v) is 4.77. The number of hydrogen-bond donors (Lipinski definition) is 1. The minimum atomic E-state index is -0.452.